The zero-order valence-corrected chi connectivity index (χ0v) is 20.1. The van der Waals surface area contributed by atoms with Crippen molar-refractivity contribution in [2.45, 2.75) is 47.9 Å². The number of carbonyl (C=O) groups excluding carboxylic acids is 3. The number of hydrogen-bond acceptors (Lipinski definition) is 4. The van der Waals surface area contributed by atoms with Gasteiger partial charge in [-0.05, 0) is 42.7 Å². The van der Waals surface area contributed by atoms with Crippen LogP contribution < -0.4 is 4.90 Å². The molecule has 3 aliphatic rings. The van der Waals surface area contributed by atoms with Crippen LogP contribution in [-0.4, -0.2) is 28.7 Å². The second-order valence-electron chi connectivity index (χ2n) is 9.46. The molecule has 0 aromatic heterocycles. The van der Waals surface area contributed by atoms with Gasteiger partial charge < -0.3 is 0 Å². The Hall–Kier alpha value is -3.38. The summed E-state index contributed by atoms with van der Waals surface area (Å²) < 4.78 is 0. The molecule has 2 heterocycles. The number of para-hydroxylation sites is 2. The van der Waals surface area contributed by atoms with Gasteiger partial charge in [-0.3, -0.25) is 24.2 Å². The minimum absolute atomic E-state index is 0.179. The number of imide groups is 1. The fourth-order valence-corrected chi connectivity index (χ4v) is 6.77. The molecule has 1 saturated heterocycles. The summed E-state index contributed by atoms with van der Waals surface area (Å²) in [4.78, 5) is 46.7. The molecular weight excluding hydrogens is 456 g/mol. The van der Waals surface area contributed by atoms with E-state index in [1.807, 2.05) is 78.9 Å². The van der Waals surface area contributed by atoms with Crippen LogP contribution in [0.3, 0.4) is 0 Å². The van der Waals surface area contributed by atoms with Crippen molar-refractivity contribution < 1.29 is 14.4 Å². The number of rotatable bonds is 4. The van der Waals surface area contributed by atoms with Gasteiger partial charge >= 0.3 is 0 Å². The van der Waals surface area contributed by atoms with Crippen LogP contribution in [-0.2, 0) is 20.8 Å². The van der Waals surface area contributed by atoms with E-state index in [0.29, 0.717) is 6.42 Å². The van der Waals surface area contributed by atoms with E-state index in [0.717, 1.165) is 52.4 Å². The Kier molecular flexibility index (Phi) is 5.69. The maximum Gasteiger partial charge on any atom is 0.255 e. The normalized spacial score (nSPS) is 21.8. The zero-order valence-electron chi connectivity index (χ0n) is 19.3. The molecule has 0 unspecified atom stereocenters. The van der Waals surface area contributed by atoms with E-state index in [-0.39, 0.29) is 29.6 Å². The molecule has 2 aliphatic heterocycles. The summed E-state index contributed by atoms with van der Waals surface area (Å²) in [6, 6.07) is 24.4. The molecule has 0 radical (unpaired) electrons. The van der Waals surface area contributed by atoms with Crippen molar-refractivity contribution in [1.82, 2.24) is 4.90 Å². The number of nitrogens with zero attached hydrogens (tertiary/aromatic N) is 2. The number of amides is 3. The van der Waals surface area contributed by atoms with Crippen molar-refractivity contribution in [1.29, 1.82) is 0 Å². The molecule has 1 aliphatic carbocycles. The topological polar surface area (TPSA) is 57.7 Å². The Morgan fingerprint density at radius 2 is 1.29 bits per heavy atom. The first kappa shape index (κ1) is 22.1. The van der Waals surface area contributed by atoms with Gasteiger partial charge in [0.05, 0.1) is 23.2 Å². The largest absolute Gasteiger partial charge is 0.277 e. The highest BCUT2D eigenvalue weighted by molar-refractivity contribution is 7.99. The van der Waals surface area contributed by atoms with Crippen LogP contribution in [0.5, 0.6) is 0 Å². The fraction of sp³-hybridized carbons (Fsp3) is 0.276. The van der Waals surface area contributed by atoms with Gasteiger partial charge in [0.2, 0.25) is 11.8 Å². The lowest BCUT2D eigenvalue weighted by Crippen LogP contribution is -2.52. The monoisotopic (exact) mass is 482 g/mol. The molecule has 5 nitrogen and oxygen atoms in total. The van der Waals surface area contributed by atoms with E-state index in [1.54, 1.807) is 16.7 Å². The van der Waals surface area contributed by atoms with Crippen LogP contribution in [0.4, 0.5) is 11.4 Å². The second-order valence-corrected chi connectivity index (χ2v) is 10.5. The van der Waals surface area contributed by atoms with Gasteiger partial charge in [-0.1, -0.05) is 79.2 Å². The third-order valence-corrected chi connectivity index (χ3v) is 8.53. The zero-order chi connectivity index (χ0) is 23.9. The molecule has 2 fully saturated rings. The van der Waals surface area contributed by atoms with Gasteiger partial charge in [0.15, 0.2) is 0 Å². The summed E-state index contributed by atoms with van der Waals surface area (Å²) in [5.41, 5.74) is 2.50. The van der Waals surface area contributed by atoms with Gasteiger partial charge in [-0.25, -0.2) is 0 Å². The Labute approximate surface area is 209 Å². The van der Waals surface area contributed by atoms with E-state index in [2.05, 4.69) is 0 Å². The van der Waals surface area contributed by atoms with E-state index < -0.39 is 6.04 Å². The number of hydrogen-bond donors (Lipinski definition) is 0. The predicted molar refractivity (Wildman–Crippen MR) is 135 cm³/mol. The number of anilines is 2. The molecule has 35 heavy (non-hydrogen) atoms. The average molecular weight is 483 g/mol. The quantitative estimate of drug-likeness (QED) is 0.454. The van der Waals surface area contributed by atoms with Crippen LogP contribution in [0.2, 0.25) is 0 Å². The summed E-state index contributed by atoms with van der Waals surface area (Å²) in [7, 11) is 0. The molecule has 3 aromatic rings. The molecule has 3 atom stereocenters. The van der Waals surface area contributed by atoms with Gasteiger partial charge in [0.1, 0.15) is 6.04 Å². The SMILES string of the molecule is O=C([C@H](Cc1ccccc1)N1C(=O)[C@H]2CCCC[C@@H]2C1=O)N1c2ccccc2Sc2ccccc21. The Bertz CT molecular complexity index is 1240. The van der Waals surface area contributed by atoms with Gasteiger partial charge in [0.25, 0.3) is 5.91 Å². The maximum atomic E-state index is 14.5. The first-order valence-electron chi connectivity index (χ1n) is 12.2. The number of benzene rings is 3. The second kappa shape index (κ2) is 9.00. The lowest BCUT2D eigenvalue weighted by molar-refractivity contribution is -0.147. The molecule has 0 bridgehead atoms. The molecule has 3 aromatic carbocycles. The maximum absolute atomic E-state index is 14.5. The van der Waals surface area contributed by atoms with Gasteiger partial charge in [-0.2, -0.15) is 0 Å². The minimum Gasteiger partial charge on any atom is -0.277 e. The number of fused-ring (bicyclic) bond motifs is 3. The first-order valence-corrected chi connectivity index (χ1v) is 13.1. The smallest absolute Gasteiger partial charge is 0.255 e. The summed E-state index contributed by atoms with van der Waals surface area (Å²) in [6.07, 6.45) is 3.66. The molecule has 1 saturated carbocycles. The Morgan fingerprint density at radius 3 is 1.86 bits per heavy atom. The third-order valence-electron chi connectivity index (χ3n) is 7.40. The lowest BCUT2D eigenvalue weighted by Gasteiger charge is -2.36. The van der Waals surface area contributed by atoms with E-state index in [9.17, 15) is 14.4 Å². The van der Waals surface area contributed by atoms with Gasteiger partial charge in [-0.15, -0.1) is 0 Å². The number of carbonyl (C=O) groups is 3. The lowest BCUT2D eigenvalue weighted by atomic mass is 9.81. The van der Waals surface area contributed by atoms with Crippen molar-refractivity contribution in [2.75, 3.05) is 4.90 Å². The van der Waals surface area contributed by atoms with E-state index in [1.165, 1.54) is 4.90 Å². The molecular formula is C29H26N2O3S. The molecule has 6 rings (SSSR count). The van der Waals surface area contributed by atoms with Crippen molar-refractivity contribution >= 4 is 40.9 Å². The van der Waals surface area contributed by atoms with Crippen molar-refractivity contribution in [3.05, 3.63) is 84.4 Å². The standard InChI is InChI=1S/C29H26N2O3S/c32-27-20-12-4-5-13-21(20)28(33)31(27)24(18-19-10-2-1-3-11-19)29(34)30-22-14-6-8-16-25(22)35-26-17-9-7-15-23(26)30/h1-3,6-11,14-17,20-21,24H,4-5,12-13,18H2/t20-,21-,24-/m0/s1. The molecule has 0 spiro atoms. The highest BCUT2D eigenvalue weighted by Crippen LogP contribution is 2.49. The summed E-state index contributed by atoms with van der Waals surface area (Å²) in [6.45, 7) is 0. The van der Waals surface area contributed by atoms with Crippen LogP contribution in [0.15, 0.2) is 88.7 Å². The summed E-state index contributed by atoms with van der Waals surface area (Å²) >= 11 is 1.63. The van der Waals surface area contributed by atoms with Crippen molar-refractivity contribution in [3.63, 3.8) is 0 Å². The minimum atomic E-state index is -0.896. The third kappa shape index (κ3) is 3.76. The highest BCUT2D eigenvalue weighted by Gasteiger charge is 2.52. The van der Waals surface area contributed by atoms with Crippen molar-refractivity contribution in [3.8, 4) is 0 Å². The summed E-state index contributed by atoms with van der Waals surface area (Å²) in [5.74, 6) is -1.18. The highest BCUT2D eigenvalue weighted by atomic mass is 32.2. The summed E-state index contributed by atoms with van der Waals surface area (Å²) in [5, 5.41) is 0. The van der Waals surface area contributed by atoms with E-state index >= 15 is 0 Å². The van der Waals surface area contributed by atoms with Crippen LogP contribution in [0.25, 0.3) is 0 Å². The molecule has 176 valence electrons. The fourth-order valence-electron chi connectivity index (χ4n) is 5.71. The van der Waals surface area contributed by atoms with Gasteiger partial charge in [0, 0.05) is 16.2 Å². The Morgan fingerprint density at radius 1 is 0.771 bits per heavy atom. The number of likely N-dealkylation sites (tertiary alicyclic amines) is 1. The van der Waals surface area contributed by atoms with Crippen LogP contribution >= 0.6 is 11.8 Å². The van der Waals surface area contributed by atoms with Crippen LogP contribution in [0, 0.1) is 11.8 Å². The van der Waals surface area contributed by atoms with Crippen LogP contribution in [0.1, 0.15) is 31.2 Å². The van der Waals surface area contributed by atoms with E-state index in [4.69, 9.17) is 0 Å². The average Bonchev–Trinajstić information content (AvgIpc) is 3.15. The molecule has 3 amide bonds. The Balaban J connectivity index is 1.45. The predicted octanol–water partition coefficient (Wildman–Crippen LogP) is 5.60. The van der Waals surface area contributed by atoms with Crippen molar-refractivity contribution in [2.24, 2.45) is 11.8 Å². The molecule has 0 N–H and O–H groups in total. The molecule has 6 heteroatoms. The first-order chi connectivity index (χ1) is 17.1.